The van der Waals surface area contributed by atoms with Crippen LogP contribution in [0.25, 0.3) is 0 Å². The number of nitro groups is 1. The van der Waals surface area contributed by atoms with Crippen LogP contribution in [-0.2, 0) is 0 Å². The van der Waals surface area contributed by atoms with Gasteiger partial charge in [0.1, 0.15) is 5.02 Å². The van der Waals surface area contributed by atoms with E-state index in [1.54, 1.807) is 13.0 Å². The predicted octanol–water partition coefficient (Wildman–Crippen LogP) is 3.77. The van der Waals surface area contributed by atoms with Gasteiger partial charge in [-0.05, 0) is 30.4 Å². The SMILES string of the molecule is Cc1cc([N+](=O)[O-])c(Cl)cc1NC(CCO)C(C)(C)C. The first kappa shape index (κ1) is 16.7. The number of hydrogen-bond acceptors (Lipinski definition) is 4. The molecule has 0 bridgehead atoms. The van der Waals surface area contributed by atoms with Crippen molar-refractivity contribution in [3.8, 4) is 0 Å². The molecule has 0 fully saturated rings. The number of hydrogen-bond donors (Lipinski definition) is 2. The molecule has 0 radical (unpaired) electrons. The third-order valence-corrected chi connectivity index (χ3v) is 3.59. The summed E-state index contributed by atoms with van der Waals surface area (Å²) < 4.78 is 0. The summed E-state index contributed by atoms with van der Waals surface area (Å²) in [5, 5.41) is 23.4. The average Bonchev–Trinajstić information content (AvgIpc) is 2.31. The number of benzene rings is 1. The van der Waals surface area contributed by atoms with Crippen LogP contribution >= 0.6 is 11.6 Å². The molecule has 2 N–H and O–H groups in total. The molecule has 0 aliphatic carbocycles. The largest absolute Gasteiger partial charge is 0.396 e. The number of nitrogens with one attached hydrogen (secondary N) is 1. The summed E-state index contributed by atoms with van der Waals surface area (Å²) in [6.07, 6.45) is 0.595. The third-order valence-electron chi connectivity index (χ3n) is 3.28. The van der Waals surface area contributed by atoms with Crippen molar-refractivity contribution in [2.75, 3.05) is 11.9 Å². The molecule has 0 aromatic heterocycles. The molecule has 0 saturated carbocycles. The van der Waals surface area contributed by atoms with Crippen molar-refractivity contribution in [3.63, 3.8) is 0 Å². The molecule has 5 nitrogen and oxygen atoms in total. The summed E-state index contributed by atoms with van der Waals surface area (Å²) in [4.78, 5) is 10.3. The lowest BCUT2D eigenvalue weighted by Gasteiger charge is -2.32. The first-order valence-electron chi connectivity index (χ1n) is 6.48. The zero-order valence-electron chi connectivity index (χ0n) is 12.2. The Balaban J connectivity index is 3.08. The fraction of sp³-hybridized carbons (Fsp3) is 0.571. The van der Waals surface area contributed by atoms with E-state index < -0.39 is 4.92 Å². The van der Waals surface area contributed by atoms with Crippen LogP contribution in [0.2, 0.25) is 5.02 Å². The fourth-order valence-electron chi connectivity index (χ4n) is 2.00. The highest BCUT2D eigenvalue weighted by molar-refractivity contribution is 6.33. The lowest BCUT2D eigenvalue weighted by molar-refractivity contribution is -0.384. The van der Waals surface area contributed by atoms with Crippen LogP contribution in [0, 0.1) is 22.5 Å². The maximum absolute atomic E-state index is 10.8. The van der Waals surface area contributed by atoms with Gasteiger partial charge in [0.15, 0.2) is 0 Å². The summed E-state index contributed by atoms with van der Waals surface area (Å²) >= 11 is 5.94. The van der Waals surface area contributed by atoms with Crippen molar-refractivity contribution in [3.05, 3.63) is 32.8 Å². The van der Waals surface area contributed by atoms with E-state index in [0.717, 1.165) is 11.3 Å². The topological polar surface area (TPSA) is 75.4 Å². The molecule has 1 rings (SSSR count). The summed E-state index contributed by atoms with van der Waals surface area (Å²) in [5.41, 5.74) is 1.37. The number of aryl methyl sites for hydroxylation is 1. The first-order valence-corrected chi connectivity index (χ1v) is 6.86. The van der Waals surface area contributed by atoms with E-state index in [2.05, 4.69) is 26.1 Å². The van der Waals surface area contributed by atoms with Crippen LogP contribution in [0.4, 0.5) is 11.4 Å². The second-order valence-corrected chi connectivity index (χ2v) is 6.36. The molecule has 1 atom stereocenters. The van der Waals surface area contributed by atoms with Crippen LogP contribution in [0.5, 0.6) is 0 Å². The van der Waals surface area contributed by atoms with Gasteiger partial charge in [0.2, 0.25) is 0 Å². The highest BCUT2D eigenvalue weighted by Gasteiger charge is 2.25. The minimum absolute atomic E-state index is 0.0451. The van der Waals surface area contributed by atoms with Gasteiger partial charge in [-0.15, -0.1) is 0 Å². The Morgan fingerprint density at radius 3 is 2.50 bits per heavy atom. The van der Waals surface area contributed by atoms with Gasteiger partial charge < -0.3 is 10.4 Å². The molecule has 20 heavy (non-hydrogen) atoms. The summed E-state index contributed by atoms with van der Waals surface area (Å²) in [6.45, 7) is 8.09. The standard InChI is InChI=1S/C14H21ClN2O3/c1-9-7-12(17(19)20)10(15)8-11(9)16-13(5-6-18)14(2,3)4/h7-8,13,16,18H,5-6H2,1-4H3. The number of aliphatic hydroxyl groups excluding tert-OH is 1. The Kier molecular flexibility index (Phi) is 5.36. The molecule has 0 spiro atoms. The van der Waals surface area contributed by atoms with Crippen molar-refractivity contribution in [1.29, 1.82) is 0 Å². The summed E-state index contributed by atoms with van der Waals surface area (Å²) in [5.74, 6) is 0. The van der Waals surface area contributed by atoms with E-state index in [0.29, 0.717) is 6.42 Å². The minimum Gasteiger partial charge on any atom is -0.396 e. The second-order valence-electron chi connectivity index (χ2n) is 5.95. The Bertz CT molecular complexity index is 498. The molecule has 112 valence electrons. The van der Waals surface area contributed by atoms with Crippen molar-refractivity contribution < 1.29 is 10.0 Å². The molecule has 1 aromatic rings. The van der Waals surface area contributed by atoms with Gasteiger partial charge >= 0.3 is 0 Å². The Morgan fingerprint density at radius 2 is 2.05 bits per heavy atom. The van der Waals surface area contributed by atoms with Crippen LogP contribution in [0.15, 0.2) is 12.1 Å². The highest BCUT2D eigenvalue weighted by atomic mass is 35.5. The van der Waals surface area contributed by atoms with Crippen molar-refractivity contribution in [2.45, 2.75) is 40.2 Å². The molecule has 0 heterocycles. The monoisotopic (exact) mass is 300 g/mol. The van der Waals surface area contributed by atoms with Crippen LogP contribution in [0.1, 0.15) is 32.8 Å². The van der Waals surface area contributed by atoms with Gasteiger partial charge in [-0.2, -0.15) is 0 Å². The van der Waals surface area contributed by atoms with Gasteiger partial charge in [-0.25, -0.2) is 0 Å². The summed E-state index contributed by atoms with van der Waals surface area (Å²) in [6, 6.07) is 3.08. The number of rotatable bonds is 5. The normalized spacial score (nSPS) is 13.1. The highest BCUT2D eigenvalue weighted by Crippen LogP contribution is 2.33. The molecule has 0 aliphatic rings. The van der Waals surface area contributed by atoms with E-state index in [1.807, 2.05) is 0 Å². The minimum atomic E-state index is -0.492. The lowest BCUT2D eigenvalue weighted by Crippen LogP contribution is -2.35. The Hall–Kier alpha value is -1.33. The molecule has 6 heteroatoms. The van der Waals surface area contributed by atoms with Gasteiger partial charge in [-0.3, -0.25) is 10.1 Å². The molecular formula is C14H21ClN2O3. The Morgan fingerprint density at radius 1 is 1.45 bits per heavy atom. The molecule has 0 saturated heterocycles. The molecule has 1 unspecified atom stereocenters. The van der Waals surface area contributed by atoms with Crippen molar-refractivity contribution in [2.24, 2.45) is 5.41 Å². The van der Waals surface area contributed by atoms with E-state index in [1.165, 1.54) is 6.07 Å². The predicted molar refractivity (Wildman–Crippen MR) is 81.4 cm³/mol. The number of halogens is 1. The van der Waals surface area contributed by atoms with Gasteiger partial charge in [0.05, 0.1) is 4.92 Å². The third kappa shape index (κ3) is 4.08. The fourth-order valence-corrected chi connectivity index (χ4v) is 2.23. The average molecular weight is 301 g/mol. The smallest absolute Gasteiger partial charge is 0.288 e. The zero-order chi connectivity index (χ0) is 15.5. The molecule has 0 amide bonds. The van der Waals surface area contributed by atoms with Gasteiger partial charge in [0, 0.05) is 24.4 Å². The molecule has 1 aromatic carbocycles. The van der Waals surface area contributed by atoms with E-state index in [9.17, 15) is 10.1 Å². The van der Waals surface area contributed by atoms with Gasteiger partial charge in [0.25, 0.3) is 5.69 Å². The number of anilines is 1. The number of aliphatic hydroxyl groups is 1. The maximum Gasteiger partial charge on any atom is 0.288 e. The zero-order valence-corrected chi connectivity index (χ0v) is 13.0. The van der Waals surface area contributed by atoms with Crippen LogP contribution in [0.3, 0.4) is 0 Å². The first-order chi connectivity index (χ1) is 9.16. The van der Waals surface area contributed by atoms with Crippen LogP contribution < -0.4 is 5.32 Å². The molecule has 0 aliphatic heterocycles. The second kappa shape index (κ2) is 6.41. The van der Waals surface area contributed by atoms with E-state index >= 15 is 0 Å². The quantitative estimate of drug-likeness (QED) is 0.641. The summed E-state index contributed by atoms with van der Waals surface area (Å²) in [7, 11) is 0. The van der Waals surface area contributed by atoms with Crippen LogP contribution in [-0.4, -0.2) is 22.7 Å². The Labute approximate surface area is 124 Å². The van der Waals surface area contributed by atoms with E-state index in [4.69, 9.17) is 16.7 Å². The number of nitrogens with zero attached hydrogens (tertiary/aromatic N) is 1. The van der Waals surface area contributed by atoms with Gasteiger partial charge in [-0.1, -0.05) is 32.4 Å². The maximum atomic E-state index is 10.8. The lowest BCUT2D eigenvalue weighted by atomic mass is 9.84. The van der Waals surface area contributed by atoms with Crippen molar-refractivity contribution in [1.82, 2.24) is 0 Å². The van der Waals surface area contributed by atoms with Crippen molar-refractivity contribution >= 4 is 23.0 Å². The van der Waals surface area contributed by atoms with E-state index in [-0.39, 0.29) is 28.8 Å². The number of nitro benzene ring substituents is 1. The molecular weight excluding hydrogens is 280 g/mol.